The van der Waals surface area contributed by atoms with Gasteiger partial charge in [0.2, 0.25) is 11.8 Å². The number of hydrogen-bond acceptors (Lipinski definition) is 3. The summed E-state index contributed by atoms with van der Waals surface area (Å²) in [5.74, 6) is 1.94. The van der Waals surface area contributed by atoms with E-state index >= 15 is 0 Å². The van der Waals surface area contributed by atoms with Crippen molar-refractivity contribution in [3.63, 3.8) is 0 Å². The first-order valence-electron chi connectivity index (χ1n) is 8.48. The lowest BCUT2D eigenvalue weighted by Gasteiger charge is -2.35. The highest BCUT2D eigenvalue weighted by Gasteiger charge is 2.41. The van der Waals surface area contributed by atoms with Crippen LogP contribution in [0.3, 0.4) is 0 Å². The first kappa shape index (κ1) is 15.1. The molecule has 2 fully saturated rings. The first-order valence-corrected chi connectivity index (χ1v) is 9.63. The topological polar surface area (TPSA) is 40.6 Å². The summed E-state index contributed by atoms with van der Waals surface area (Å²) in [7, 11) is 0. The van der Waals surface area contributed by atoms with Crippen molar-refractivity contribution in [3.05, 3.63) is 35.4 Å². The summed E-state index contributed by atoms with van der Waals surface area (Å²) in [6.07, 6.45) is 4.06. The summed E-state index contributed by atoms with van der Waals surface area (Å²) in [5, 5.41) is 0. The molecule has 0 spiro atoms. The molecule has 23 heavy (non-hydrogen) atoms. The van der Waals surface area contributed by atoms with E-state index < -0.39 is 0 Å². The molecule has 0 bridgehead atoms. The van der Waals surface area contributed by atoms with Crippen LogP contribution in [0.4, 0.5) is 0 Å². The highest BCUT2D eigenvalue weighted by molar-refractivity contribution is 7.99. The van der Waals surface area contributed by atoms with Gasteiger partial charge in [-0.15, -0.1) is 11.8 Å². The van der Waals surface area contributed by atoms with Gasteiger partial charge in [-0.05, 0) is 30.4 Å². The van der Waals surface area contributed by atoms with Gasteiger partial charge in [-0.2, -0.15) is 0 Å². The Kier molecular flexibility index (Phi) is 4.05. The zero-order valence-corrected chi connectivity index (χ0v) is 14.1. The lowest BCUT2D eigenvalue weighted by atomic mass is 9.84. The third-order valence-corrected chi connectivity index (χ3v) is 6.36. The van der Waals surface area contributed by atoms with Gasteiger partial charge in [-0.1, -0.05) is 30.7 Å². The van der Waals surface area contributed by atoms with Crippen molar-refractivity contribution < 1.29 is 9.59 Å². The van der Waals surface area contributed by atoms with Gasteiger partial charge in [-0.25, -0.2) is 0 Å². The van der Waals surface area contributed by atoms with Crippen molar-refractivity contribution in [1.82, 2.24) is 9.80 Å². The standard InChI is InChI=1S/C18H22N2O2S/c21-17(14-6-3-7-14)20-12-23-11-16(20)18(22)19-9-8-13-4-1-2-5-15(13)10-19/h1-2,4-5,14,16H,3,6-12H2. The molecule has 4 rings (SSSR count). The van der Waals surface area contributed by atoms with Crippen molar-refractivity contribution in [2.75, 3.05) is 18.2 Å². The van der Waals surface area contributed by atoms with Crippen LogP contribution in [0.2, 0.25) is 0 Å². The van der Waals surface area contributed by atoms with Crippen LogP contribution in [0, 0.1) is 5.92 Å². The van der Waals surface area contributed by atoms with Crippen LogP contribution in [0.25, 0.3) is 0 Å². The molecule has 3 aliphatic rings. The summed E-state index contributed by atoms with van der Waals surface area (Å²) in [4.78, 5) is 29.3. The van der Waals surface area contributed by atoms with Crippen molar-refractivity contribution >= 4 is 23.6 Å². The summed E-state index contributed by atoms with van der Waals surface area (Å²) in [6, 6.07) is 8.09. The quantitative estimate of drug-likeness (QED) is 0.835. The van der Waals surface area contributed by atoms with Crippen molar-refractivity contribution in [1.29, 1.82) is 0 Å². The Balaban J connectivity index is 1.47. The molecule has 0 aromatic heterocycles. The number of hydrogen-bond donors (Lipinski definition) is 0. The molecule has 5 heteroatoms. The Labute approximate surface area is 141 Å². The molecule has 1 saturated carbocycles. The number of fused-ring (bicyclic) bond motifs is 1. The van der Waals surface area contributed by atoms with E-state index in [0.29, 0.717) is 12.4 Å². The monoisotopic (exact) mass is 330 g/mol. The molecule has 0 N–H and O–H groups in total. The van der Waals surface area contributed by atoms with E-state index in [4.69, 9.17) is 0 Å². The maximum atomic E-state index is 13.0. The molecule has 1 atom stereocenters. The molecule has 122 valence electrons. The third-order valence-electron chi connectivity index (χ3n) is 5.35. The Hall–Kier alpha value is -1.49. The van der Waals surface area contributed by atoms with E-state index in [1.165, 1.54) is 11.1 Å². The minimum Gasteiger partial charge on any atom is -0.336 e. The number of carbonyl (C=O) groups excluding carboxylic acids is 2. The van der Waals surface area contributed by atoms with E-state index in [1.807, 2.05) is 15.9 Å². The maximum absolute atomic E-state index is 13.0. The number of amides is 2. The second-order valence-electron chi connectivity index (χ2n) is 6.73. The molecular formula is C18H22N2O2S. The number of nitrogens with zero attached hydrogens (tertiary/aromatic N) is 2. The second-order valence-corrected chi connectivity index (χ2v) is 7.73. The van der Waals surface area contributed by atoms with E-state index in [-0.39, 0.29) is 23.8 Å². The third kappa shape index (κ3) is 2.75. The second kappa shape index (κ2) is 6.19. The van der Waals surface area contributed by atoms with Crippen LogP contribution >= 0.6 is 11.8 Å². The number of carbonyl (C=O) groups is 2. The lowest BCUT2D eigenvalue weighted by molar-refractivity contribution is -0.147. The van der Waals surface area contributed by atoms with Crippen molar-refractivity contribution in [3.8, 4) is 0 Å². The molecule has 0 radical (unpaired) electrons. The van der Waals surface area contributed by atoms with E-state index in [2.05, 4.69) is 18.2 Å². The SMILES string of the molecule is O=C(C1CSCN1C(=O)C1CCC1)N1CCc2ccccc2C1. The summed E-state index contributed by atoms with van der Waals surface area (Å²) < 4.78 is 0. The van der Waals surface area contributed by atoms with Gasteiger partial charge in [-0.3, -0.25) is 9.59 Å². The predicted molar refractivity (Wildman–Crippen MR) is 90.9 cm³/mol. The summed E-state index contributed by atoms with van der Waals surface area (Å²) in [5.41, 5.74) is 2.59. The van der Waals surface area contributed by atoms with Crippen molar-refractivity contribution in [2.45, 2.75) is 38.3 Å². The van der Waals surface area contributed by atoms with Gasteiger partial charge < -0.3 is 9.80 Å². The fourth-order valence-electron chi connectivity index (χ4n) is 3.65. The largest absolute Gasteiger partial charge is 0.336 e. The molecule has 1 aromatic carbocycles. The minimum atomic E-state index is -0.252. The van der Waals surface area contributed by atoms with Gasteiger partial charge >= 0.3 is 0 Å². The molecular weight excluding hydrogens is 308 g/mol. The fourth-order valence-corrected chi connectivity index (χ4v) is 4.80. The van der Waals surface area contributed by atoms with Crippen LogP contribution in [-0.2, 0) is 22.6 Å². The Morgan fingerprint density at radius 3 is 2.61 bits per heavy atom. The van der Waals surface area contributed by atoms with E-state index in [1.54, 1.807) is 11.8 Å². The van der Waals surface area contributed by atoms with Gasteiger partial charge in [0.15, 0.2) is 0 Å². The van der Waals surface area contributed by atoms with Gasteiger partial charge in [0.1, 0.15) is 6.04 Å². The first-order chi connectivity index (χ1) is 11.2. The van der Waals surface area contributed by atoms with Gasteiger partial charge in [0, 0.05) is 24.8 Å². The molecule has 1 saturated heterocycles. The smallest absolute Gasteiger partial charge is 0.246 e. The molecule has 4 nitrogen and oxygen atoms in total. The fraction of sp³-hybridized carbons (Fsp3) is 0.556. The minimum absolute atomic E-state index is 0.136. The average molecular weight is 330 g/mol. The average Bonchev–Trinajstić information content (AvgIpc) is 3.01. The van der Waals surface area contributed by atoms with Crippen LogP contribution in [0.15, 0.2) is 24.3 Å². The predicted octanol–water partition coefficient (Wildman–Crippen LogP) is 2.27. The normalized spacial score (nSPS) is 24.3. The Morgan fingerprint density at radius 2 is 1.87 bits per heavy atom. The highest BCUT2D eigenvalue weighted by atomic mass is 32.2. The van der Waals surface area contributed by atoms with Crippen molar-refractivity contribution in [2.24, 2.45) is 5.92 Å². The Bertz CT molecular complexity index is 629. The van der Waals surface area contributed by atoms with Crippen LogP contribution in [0.1, 0.15) is 30.4 Å². The number of thioether (sulfide) groups is 1. The summed E-state index contributed by atoms with van der Waals surface area (Å²) >= 11 is 1.71. The van der Waals surface area contributed by atoms with E-state index in [0.717, 1.165) is 38.0 Å². The summed E-state index contributed by atoms with van der Waals surface area (Å²) in [6.45, 7) is 1.45. The maximum Gasteiger partial charge on any atom is 0.246 e. The molecule has 2 aliphatic heterocycles. The zero-order valence-electron chi connectivity index (χ0n) is 13.2. The zero-order chi connectivity index (χ0) is 15.8. The van der Waals surface area contributed by atoms with Crippen LogP contribution in [0.5, 0.6) is 0 Å². The lowest BCUT2D eigenvalue weighted by Crippen LogP contribution is -2.52. The van der Waals surface area contributed by atoms with E-state index in [9.17, 15) is 9.59 Å². The molecule has 2 heterocycles. The van der Waals surface area contributed by atoms with Crippen LogP contribution in [-0.4, -0.2) is 45.8 Å². The molecule has 1 aromatic rings. The molecule has 2 amide bonds. The van der Waals surface area contributed by atoms with Gasteiger partial charge in [0.25, 0.3) is 0 Å². The van der Waals surface area contributed by atoms with Crippen LogP contribution < -0.4 is 0 Å². The number of rotatable bonds is 2. The Morgan fingerprint density at radius 1 is 1.09 bits per heavy atom. The van der Waals surface area contributed by atoms with Gasteiger partial charge in [0.05, 0.1) is 5.88 Å². The highest BCUT2D eigenvalue weighted by Crippen LogP contribution is 2.33. The molecule has 1 aliphatic carbocycles. The molecule has 1 unspecified atom stereocenters. The number of benzene rings is 1.